The molecule has 9 nitrogen and oxygen atoms in total. The molecule has 0 aliphatic heterocycles. The number of hydrogen-bond donors (Lipinski definition) is 3. The molecule has 0 aliphatic rings. The Labute approximate surface area is 131 Å². The van der Waals surface area contributed by atoms with Gasteiger partial charge < -0.3 is 24.6 Å². The van der Waals surface area contributed by atoms with E-state index in [-0.39, 0.29) is 12.8 Å². The van der Waals surface area contributed by atoms with Crippen molar-refractivity contribution in [3.05, 3.63) is 35.0 Å². The van der Waals surface area contributed by atoms with Gasteiger partial charge in [0, 0.05) is 25.0 Å². The highest BCUT2D eigenvalue weighted by atomic mass is 16.5. The lowest BCUT2D eigenvalue weighted by Gasteiger charge is -1.97. The summed E-state index contributed by atoms with van der Waals surface area (Å²) in [5.74, 6) is -0.569. The fourth-order valence-corrected chi connectivity index (χ4v) is 1.89. The van der Waals surface area contributed by atoms with Crippen molar-refractivity contribution in [3.8, 4) is 0 Å². The van der Waals surface area contributed by atoms with Crippen molar-refractivity contribution in [1.82, 2.24) is 15.6 Å². The van der Waals surface area contributed by atoms with Gasteiger partial charge in [0.15, 0.2) is 11.5 Å². The van der Waals surface area contributed by atoms with Gasteiger partial charge in [-0.3, -0.25) is 9.59 Å². The first kappa shape index (κ1) is 16.7. The molecule has 0 spiro atoms. The molecule has 2 aromatic heterocycles. The molecular formula is C14H17N3O6. The van der Waals surface area contributed by atoms with E-state index in [1.54, 1.807) is 12.1 Å². The lowest BCUT2D eigenvalue weighted by Crippen LogP contribution is -2.11. The number of hydrogen-bond acceptors (Lipinski definition) is 7. The number of carbonyl (C=O) groups is 2. The summed E-state index contributed by atoms with van der Waals surface area (Å²) >= 11 is 0. The predicted molar refractivity (Wildman–Crippen MR) is 75.5 cm³/mol. The average Bonchev–Trinajstić information content (AvgIpc) is 3.12. The van der Waals surface area contributed by atoms with Gasteiger partial charge in [0.25, 0.3) is 0 Å². The highest BCUT2D eigenvalue weighted by molar-refractivity contribution is 5.67. The first-order valence-electron chi connectivity index (χ1n) is 7.06. The van der Waals surface area contributed by atoms with Gasteiger partial charge in [-0.25, -0.2) is 0 Å². The number of carboxylic acid groups (broad SMARTS) is 2. The minimum absolute atomic E-state index is 0.0105. The van der Waals surface area contributed by atoms with E-state index in [2.05, 4.69) is 15.6 Å². The smallest absolute Gasteiger partial charge is 0.303 e. The number of aromatic nitrogens is 2. The van der Waals surface area contributed by atoms with Crippen LogP contribution in [0.2, 0.25) is 0 Å². The molecule has 0 atom stereocenters. The zero-order valence-corrected chi connectivity index (χ0v) is 12.3. The number of aryl methyl sites for hydroxylation is 2. The quantitative estimate of drug-likeness (QED) is 0.584. The molecule has 0 saturated heterocycles. The number of nitrogens with one attached hydrogen (secondary N) is 1. The summed E-state index contributed by atoms with van der Waals surface area (Å²) in [6.45, 7) is 0.816. The number of aliphatic carboxylic acids is 2. The Morgan fingerprint density at radius 3 is 1.74 bits per heavy atom. The van der Waals surface area contributed by atoms with Gasteiger partial charge >= 0.3 is 11.9 Å². The highest BCUT2D eigenvalue weighted by Gasteiger charge is 2.08. The number of rotatable bonds is 10. The normalized spacial score (nSPS) is 10.8. The molecule has 0 fully saturated rings. The minimum Gasteiger partial charge on any atom is -0.481 e. The Bertz CT molecular complexity index is 607. The summed E-state index contributed by atoms with van der Waals surface area (Å²) in [5.41, 5.74) is 1.19. The fraction of sp³-hybridized carbons (Fsp3) is 0.429. The van der Waals surface area contributed by atoms with E-state index in [1.807, 2.05) is 0 Å². The second-order valence-electron chi connectivity index (χ2n) is 4.96. The average molecular weight is 323 g/mol. The Morgan fingerprint density at radius 2 is 1.35 bits per heavy atom. The van der Waals surface area contributed by atoms with Crippen LogP contribution in [-0.2, 0) is 35.5 Å². The maximum atomic E-state index is 10.5. The van der Waals surface area contributed by atoms with E-state index in [0.29, 0.717) is 48.8 Å². The second-order valence-corrected chi connectivity index (χ2v) is 4.96. The lowest BCUT2D eigenvalue weighted by molar-refractivity contribution is -0.138. The first-order valence-corrected chi connectivity index (χ1v) is 7.06. The molecule has 0 aromatic carbocycles. The van der Waals surface area contributed by atoms with Gasteiger partial charge in [-0.15, -0.1) is 0 Å². The van der Waals surface area contributed by atoms with Gasteiger partial charge in [0.1, 0.15) is 0 Å². The molecule has 0 bridgehead atoms. The van der Waals surface area contributed by atoms with E-state index in [0.717, 1.165) is 0 Å². The summed E-state index contributed by atoms with van der Waals surface area (Å²) in [6.07, 6.45) is 0.676. The topological polar surface area (TPSA) is 139 Å². The van der Waals surface area contributed by atoms with E-state index in [4.69, 9.17) is 19.3 Å². The predicted octanol–water partition coefficient (Wildman–Crippen LogP) is 0.987. The Hall–Kier alpha value is -2.68. The van der Waals surface area contributed by atoms with Crippen LogP contribution in [0.15, 0.2) is 21.2 Å². The maximum Gasteiger partial charge on any atom is 0.303 e. The minimum atomic E-state index is -0.878. The van der Waals surface area contributed by atoms with Crippen molar-refractivity contribution in [2.45, 2.75) is 38.8 Å². The largest absolute Gasteiger partial charge is 0.481 e. The highest BCUT2D eigenvalue weighted by Crippen LogP contribution is 2.08. The molecule has 124 valence electrons. The number of nitrogens with zero attached hydrogens (tertiary/aromatic N) is 2. The first-order chi connectivity index (χ1) is 11.0. The van der Waals surface area contributed by atoms with Crippen molar-refractivity contribution < 1.29 is 28.8 Å². The molecule has 2 aromatic rings. The van der Waals surface area contributed by atoms with Crippen molar-refractivity contribution in [3.63, 3.8) is 0 Å². The van der Waals surface area contributed by atoms with Gasteiger partial charge in [-0.2, -0.15) is 0 Å². The van der Waals surface area contributed by atoms with Gasteiger partial charge in [-0.1, -0.05) is 10.3 Å². The SMILES string of the molecule is O=C(O)CCc1cc(CNCc2cc(CCC(=O)O)no2)on1. The Morgan fingerprint density at radius 1 is 0.913 bits per heavy atom. The van der Waals surface area contributed by atoms with Crippen LogP contribution in [0.25, 0.3) is 0 Å². The van der Waals surface area contributed by atoms with Crippen LogP contribution in [0.5, 0.6) is 0 Å². The summed E-state index contributed by atoms with van der Waals surface area (Å²) in [4.78, 5) is 20.9. The molecule has 0 amide bonds. The zero-order chi connectivity index (χ0) is 16.7. The third-order valence-corrected chi connectivity index (χ3v) is 3.00. The van der Waals surface area contributed by atoms with Crippen LogP contribution in [0.1, 0.15) is 35.7 Å². The molecule has 2 rings (SSSR count). The zero-order valence-electron chi connectivity index (χ0n) is 12.3. The van der Waals surface area contributed by atoms with Crippen LogP contribution in [0.4, 0.5) is 0 Å². The van der Waals surface area contributed by atoms with E-state index >= 15 is 0 Å². The molecule has 9 heteroatoms. The molecule has 3 N–H and O–H groups in total. The molecule has 0 unspecified atom stereocenters. The van der Waals surface area contributed by atoms with Crippen molar-refractivity contribution >= 4 is 11.9 Å². The molecule has 0 saturated carbocycles. The third-order valence-electron chi connectivity index (χ3n) is 3.00. The van der Waals surface area contributed by atoms with Crippen LogP contribution >= 0.6 is 0 Å². The third kappa shape index (κ3) is 5.91. The van der Waals surface area contributed by atoms with E-state index in [9.17, 15) is 9.59 Å². The summed E-state index contributed by atoms with van der Waals surface area (Å²) < 4.78 is 10.2. The van der Waals surface area contributed by atoms with Gasteiger partial charge in [0.05, 0.1) is 37.3 Å². The molecular weight excluding hydrogens is 306 g/mol. The Balaban J connectivity index is 1.72. The van der Waals surface area contributed by atoms with Crippen LogP contribution < -0.4 is 5.32 Å². The van der Waals surface area contributed by atoms with Crippen LogP contribution in [0, 0.1) is 0 Å². The lowest BCUT2D eigenvalue weighted by atomic mass is 10.2. The summed E-state index contributed by atoms with van der Waals surface area (Å²) in [7, 11) is 0. The molecule has 0 radical (unpaired) electrons. The summed E-state index contributed by atoms with van der Waals surface area (Å²) in [6, 6.07) is 3.41. The van der Waals surface area contributed by atoms with Crippen LogP contribution in [-0.4, -0.2) is 32.5 Å². The fourth-order valence-electron chi connectivity index (χ4n) is 1.89. The standard InChI is InChI=1S/C14H17N3O6/c18-13(19)3-1-9-5-11(22-16-9)7-15-8-12-6-10(17-23-12)2-4-14(20)21/h5-6,15H,1-4,7-8H2,(H,18,19)(H,20,21). The van der Waals surface area contributed by atoms with Gasteiger partial charge in [-0.05, 0) is 0 Å². The van der Waals surface area contributed by atoms with Crippen molar-refractivity contribution in [1.29, 1.82) is 0 Å². The van der Waals surface area contributed by atoms with E-state index < -0.39 is 11.9 Å². The summed E-state index contributed by atoms with van der Waals surface area (Å²) in [5, 5.41) is 27.9. The maximum absolute atomic E-state index is 10.5. The monoisotopic (exact) mass is 323 g/mol. The van der Waals surface area contributed by atoms with Crippen molar-refractivity contribution in [2.24, 2.45) is 0 Å². The Kier molecular flexibility index (Phi) is 5.87. The van der Waals surface area contributed by atoms with Crippen molar-refractivity contribution in [2.75, 3.05) is 0 Å². The van der Waals surface area contributed by atoms with Gasteiger partial charge in [0.2, 0.25) is 0 Å². The molecule has 0 aliphatic carbocycles. The second kappa shape index (κ2) is 8.08. The number of carboxylic acids is 2. The van der Waals surface area contributed by atoms with Crippen LogP contribution in [0.3, 0.4) is 0 Å². The molecule has 23 heavy (non-hydrogen) atoms. The molecule has 2 heterocycles. The van der Waals surface area contributed by atoms with E-state index in [1.165, 1.54) is 0 Å².